The molecular formula is C26H23FN2O5. The van der Waals surface area contributed by atoms with Gasteiger partial charge in [-0.05, 0) is 41.3 Å². The van der Waals surface area contributed by atoms with Gasteiger partial charge in [0.2, 0.25) is 5.91 Å². The highest BCUT2D eigenvalue weighted by molar-refractivity contribution is 5.94. The SMILES string of the molecule is CC(CC(=O)Nc1cccc(C(=O)O)c1F)NC(=O)OCC1c2ccccc2-c2ccccc21. The normalized spacial score (nSPS) is 12.9. The summed E-state index contributed by atoms with van der Waals surface area (Å²) in [6.07, 6.45) is -0.817. The first-order chi connectivity index (χ1) is 16.3. The Morgan fingerprint density at radius 1 is 0.971 bits per heavy atom. The summed E-state index contributed by atoms with van der Waals surface area (Å²) in [5, 5.41) is 13.9. The Hall–Kier alpha value is -4.20. The van der Waals surface area contributed by atoms with Gasteiger partial charge in [-0.15, -0.1) is 0 Å². The summed E-state index contributed by atoms with van der Waals surface area (Å²) in [7, 11) is 0. The highest BCUT2D eigenvalue weighted by atomic mass is 19.1. The largest absolute Gasteiger partial charge is 0.478 e. The molecule has 0 heterocycles. The van der Waals surface area contributed by atoms with Crippen molar-refractivity contribution in [2.24, 2.45) is 0 Å². The number of fused-ring (bicyclic) bond motifs is 3. The van der Waals surface area contributed by atoms with Crippen molar-refractivity contribution in [3.63, 3.8) is 0 Å². The van der Waals surface area contributed by atoms with Crippen molar-refractivity contribution in [1.82, 2.24) is 5.32 Å². The van der Waals surface area contributed by atoms with E-state index in [9.17, 15) is 18.8 Å². The van der Waals surface area contributed by atoms with E-state index in [0.717, 1.165) is 28.3 Å². The summed E-state index contributed by atoms with van der Waals surface area (Å²) >= 11 is 0. The van der Waals surface area contributed by atoms with Gasteiger partial charge < -0.3 is 20.5 Å². The first-order valence-corrected chi connectivity index (χ1v) is 10.8. The fourth-order valence-electron chi connectivity index (χ4n) is 4.17. The lowest BCUT2D eigenvalue weighted by Crippen LogP contribution is -2.36. The molecule has 34 heavy (non-hydrogen) atoms. The smallest absolute Gasteiger partial charge is 0.407 e. The fraction of sp³-hybridized carbons (Fsp3) is 0.192. The van der Waals surface area contributed by atoms with E-state index in [0.29, 0.717) is 0 Å². The van der Waals surface area contributed by atoms with Crippen LogP contribution in [0.1, 0.15) is 40.7 Å². The minimum absolute atomic E-state index is 0.0822. The highest BCUT2D eigenvalue weighted by Gasteiger charge is 2.29. The molecule has 0 aromatic heterocycles. The number of amides is 2. The zero-order valence-electron chi connectivity index (χ0n) is 18.4. The molecule has 174 valence electrons. The van der Waals surface area contributed by atoms with Crippen LogP contribution in [0, 0.1) is 5.82 Å². The summed E-state index contributed by atoms with van der Waals surface area (Å²) in [4.78, 5) is 35.7. The third-order valence-electron chi connectivity index (χ3n) is 5.70. The Labute approximate surface area is 195 Å². The Morgan fingerprint density at radius 3 is 2.21 bits per heavy atom. The van der Waals surface area contributed by atoms with Gasteiger partial charge in [-0.25, -0.2) is 14.0 Å². The van der Waals surface area contributed by atoms with E-state index in [4.69, 9.17) is 9.84 Å². The topological polar surface area (TPSA) is 105 Å². The van der Waals surface area contributed by atoms with Crippen LogP contribution in [0.25, 0.3) is 11.1 Å². The third-order valence-corrected chi connectivity index (χ3v) is 5.70. The molecule has 1 unspecified atom stereocenters. The second-order valence-electron chi connectivity index (χ2n) is 8.10. The monoisotopic (exact) mass is 462 g/mol. The lowest BCUT2D eigenvalue weighted by atomic mass is 9.98. The maximum absolute atomic E-state index is 14.2. The summed E-state index contributed by atoms with van der Waals surface area (Å²) in [6, 6.07) is 19.1. The Kier molecular flexibility index (Phi) is 6.58. The van der Waals surface area contributed by atoms with Crippen LogP contribution in [-0.4, -0.2) is 35.7 Å². The number of anilines is 1. The van der Waals surface area contributed by atoms with Gasteiger partial charge in [0.15, 0.2) is 5.82 Å². The zero-order chi connectivity index (χ0) is 24.2. The lowest BCUT2D eigenvalue weighted by Gasteiger charge is -2.17. The van der Waals surface area contributed by atoms with E-state index in [1.165, 1.54) is 12.1 Å². The number of ether oxygens (including phenoxy) is 1. The first kappa shape index (κ1) is 23.0. The van der Waals surface area contributed by atoms with Crippen LogP contribution in [-0.2, 0) is 9.53 Å². The number of rotatable bonds is 7. The minimum Gasteiger partial charge on any atom is -0.478 e. The molecule has 1 atom stereocenters. The summed E-state index contributed by atoms with van der Waals surface area (Å²) in [6.45, 7) is 1.76. The van der Waals surface area contributed by atoms with Crippen LogP contribution >= 0.6 is 0 Å². The quantitative estimate of drug-likeness (QED) is 0.469. The van der Waals surface area contributed by atoms with E-state index in [2.05, 4.69) is 10.6 Å². The van der Waals surface area contributed by atoms with E-state index in [1.54, 1.807) is 6.92 Å². The van der Waals surface area contributed by atoms with Gasteiger partial charge in [0.1, 0.15) is 6.61 Å². The molecule has 3 N–H and O–H groups in total. The molecule has 2 amide bonds. The van der Waals surface area contributed by atoms with Crippen LogP contribution in [0.4, 0.5) is 14.9 Å². The summed E-state index contributed by atoms with van der Waals surface area (Å²) in [5.74, 6) is -3.12. The number of carboxylic acids is 1. The number of carbonyl (C=O) groups excluding carboxylic acids is 2. The minimum atomic E-state index is -1.43. The first-order valence-electron chi connectivity index (χ1n) is 10.8. The van der Waals surface area contributed by atoms with E-state index in [1.807, 2.05) is 48.5 Å². The molecule has 0 spiro atoms. The molecule has 0 bridgehead atoms. The maximum Gasteiger partial charge on any atom is 0.407 e. The van der Waals surface area contributed by atoms with Crippen LogP contribution in [0.15, 0.2) is 66.7 Å². The Bertz CT molecular complexity index is 1210. The number of hydrogen-bond acceptors (Lipinski definition) is 4. The molecule has 7 nitrogen and oxygen atoms in total. The zero-order valence-corrected chi connectivity index (χ0v) is 18.4. The van der Waals surface area contributed by atoms with Crippen molar-refractivity contribution in [2.75, 3.05) is 11.9 Å². The Morgan fingerprint density at radius 2 is 1.59 bits per heavy atom. The van der Waals surface area contributed by atoms with Crippen molar-refractivity contribution < 1.29 is 28.6 Å². The van der Waals surface area contributed by atoms with E-state index in [-0.39, 0.29) is 24.6 Å². The van der Waals surface area contributed by atoms with Crippen molar-refractivity contribution in [3.05, 3.63) is 89.2 Å². The van der Waals surface area contributed by atoms with Gasteiger partial charge in [0.05, 0.1) is 11.3 Å². The van der Waals surface area contributed by atoms with E-state index < -0.39 is 35.4 Å². The number of carboxylic acid groups (broad SMARTS) is 1. The van der Waals surface area contributed by atoms with Crippen LogP contribution < -0.4 is 10.6 Å². The number of nitrogens with one attached hydrogen (secondary N) is 2. The Balaban J connectivity index is 1.32. The molecule has 1 aliphatic rings. The number of halogens is 1. The van der Waals surface area contributed by atoms with Crippen LogP contribution in [0.2, 0.25) is 0 Å². The van der Waals surface area contributed by atoms with Crippen molar-refractivity contribution >= 4 is 23.7 Å². The standard InChI is InChI=1S/C26H23FN2O5/c1-15(13-23(30)29-22-12-6-11-20(24(22)27)25(31)32)28-26(33)34-14-21-18-9-4-2-7-16(18)17-8-3-5-10-19(17)21/h2-12,15,21H,13-14H2,1H3,(H,28,33)(H,29,30)(H,31,32). The summed E-state index contributed by atoms with van der Waals surface area (Å²) < 4.78 is 19.7. The molecular weight excluding hydrogens is 439 g/mol. The van der Waals surface area contributed by atoms with Gasteiger partial charge in [-0.2, -0.15) is 0 Å². The van der Waals surface area contributed by atoms with Gasteiger partial charge in [-0.1, -0.05) is 54.6 Å². The number of hydrogen-bond donors (Lipinski definition) is 3. The highest BCUT2D eigenvalue weighted by Crippen LogP contribution is 2.44. The molecule has 0 saturated heterocycles. The molecule has 3 aromatic carbocycles. The number of benzene rings is 3. The number of carbonyl (C=O) groups is 3. The number of alkyl carbamates (subject to hydrolysis) is 1. The van der Waals surface area contributed by atoms with Gasteiger partial charge in [0, 0.05) is 18.4 Å². The molecule has 0 aliphatic heterocycles. The molecule has 0 radical (unpaired) electrons. The van der Waals surface area contributed by atoms with Crippen molar-refractivity contribution in [1.29, 1.82) is 0 Å². The molecule has 1 aliphatic carbocycles. The molecule has 0 fully saturated rings. The average molecular weight is 462 g/mol. The second-order valence-corrected chi connectivity index (χ2v) is 8.10. The molecule has 0 saturated carbocycles. The van der Waals surface area contributed by atoms with E-state index >= 15 is 0 Å². The predicted octanol–water partition coefficient (Wildman–Crippen LogP) is 4.78. The average Bonchev–Trinajstić information content (AvgIpc) is 3.12. The van der Waals surface area contributed by atoms with Crippen LogP contribution in [0.5, 0.6) is 0 Å². The lowest BCUT2D eigenvalue weighted by molar-refractivity contribution is -0.116. The van der Waals surface area contributed by atoms with Crippen LogP contribution in [0.3, 0.4) is 0 Å². The second kappa shape index (κ2) is 9.74. The summed E-state index contributed by atoms with van der Waals surface area (Å²) in [5.41, 5.74) is 3.65. The fourth-order valence-corrected chi connectivity index (χ4v) is 4.17. The van der Waals surface area contributed by atoms with Crippen molar-refractivity contribution in [2.45, 2.75) is 25.3 Å². The predicted molar refractivity (Wildman–Crippen MR) is 124 cm³/mol. The van der Waals surface area contributed by atoms with Gasteiger partial charge in [-0.3, -0.25) is 4.79 Å². The third kappa shape index (κ3) is 4.76. The molecule has 3 aromatic rings. The molecule has 8 heteroatoms. The maximum atomic E-state index is 14.2. The van der Waals surface area contributed by atoms with Gasteiger partial charge in [0.25, 0.3) is 0 Å². The molecule has 4 rings (SSSR count). The van der Waals surface area contributed by atoms with Crippen molar-refractivity contribution in [3.8, 4) is 11.1 Å². The van der Waals surface area contributed by atoms with Gasteiger partial charge >= 0.3 is 12.1 Å². The number of aromatic carboxylic acids is 1.